The number of Topliss-reactive ketones (excluding diaryl/α,β-unsaturated/α-hetero) is 1. The third-order valence-electron chi connectivity index (χ3n) is 1.82. The third kappa shape index (κ3) is 3.34. The van der Waals surface area contributed by atoms with Crippen LogP contribution in [0.1, 0.15) is 18.1 Å². The van der Waals surface area contributed by atoms with E-state index < -0.39 is 11.7 Å². The molecule has 1 nitrogen and oxygen atoms in total. The summed E-state index contributed by atoms with van der Waals surface area (Å²) in [6.07, 6.45) is -4.61. The van der Waals surface area contributed by atoms with Crippen molar-refractivity contribution in [2.24, 2.45) is 0 Å². The number of hydrogen-bond donors (Lipinski definition) is 0. The lowest BCUT2D eigenvalue weighted by atomic mass is 10.0. The van der Waals surface area contributed by atoms with Crippen LogP contribution in [0.4, 0.5) is 13.2 Å². The van der Waals surface area contributed by atoms with Crippen LogP contribution in [0.25, 0.3) is 0 Å². The van der Waals surface area contributed by atoms with Gasteiger partial charge >= 0.3 is 6.18 Å². The van der Waals surface area contributed by atoms with E-state index in [1.165, 1.54) is 19.1 Å². The number of benzene rings is 1. The maximum absolute atomic E-state index is 12.5. The van der Waals surface area contributed by atoms with E-state index in [-0.39, 0.29) is 17.8 Å². The average molecular weight is 281 g/mol. The molecule has 0 heterocycles. The molecule has 0 N–H and O–H groups in total. The van der Waals surface area contributed by atoms with E-state index in [0.717, 1.165) is 6.07 Å². The molecule has 0 unspecified atom stereocenters. The van der Waals surface area contributed by atoms with E-state index in [0.29, 0.717) is 4.47 Å². The van der Waals surface area contributed by atoms with Crippen LogP contribution in [0.3, 0.4) is 0 Å². The second kappa shape index (κ2) is 4.35. The summed E-state index contributed by atoms with van der Waals surface area (Å²) < 4.78 is 38.0. The summed E-state index contributed by atoms with van der Waals surface area (Å²) in [4.78, 5) is 10.8. The van der Waals surface area contributed by atoms with Gasteiger partial charge in [-0.2, -0.15) is 13.2 Å². The molecule has 0 aliphatic carbocycles. The molecule has 1 aromatic carbocycles. The zero-order valence-electron chi connectivity index (χ0n) is 7.86. The largest absolute Gasteiger partial charge is 0.416 e. The van der Waals surface area contributed by atoms with Crippen molar-refractivity contribution in [2.45, 2.75) is 19.5 Å². The Morgan fingerprint density at radius 3 is 2.47 bits per heavy atom. The van der Waals surface area contributed by atoms with Gasteiger partial charge in [-0.05, 0) is 24.6 Å². The molecule has 0 aliphatic rings. The molecule has 15 heavy (non-hydrogen) atoms. The van der Waals surface area contributed by atoms with Crippen LogP contribution in [-0.2, 0) is 17.4 Å². The van der Waals surface area contributed by atoms with Gasteiger partial charge in [0.25, 0.3) is 0 Å². The molecular weight excluding hydrogens is 273 g/mol. The molecule has 0 saturated carbocycles. The highest BCUT2D eigenvalue weighted by Crippen LogP contribution is 2.34. The van der Waals surface area contributed by atoms with Gasteiger partial charge in [-0.1, -0.05) is 22.0 Å². The Balaban J connectivity index is 3.20. The molecule has 0 spiro atoms. The fourth-order valence-electron chi connectivity index (χ4n) is 1.23. The lowest BCUT2D eigenvalue weighted by molar-refractivity contribution is -0.138. The minimum Gasteiger partial charge on any atom is -0.300 e. The first-order valence-corrected chi connectivity index (χ1v) is 4.95. The molecule has 0 fully saturated rings. The predicted molar refractivity (Wildman–Crippen MR) is 53.5 cm³/mol. The van der Waals surface area contributed by atoms with E-state index in [1.807, 2.05) is 0 Å². The first-order chi connectivity index (χ1) is 6.80. The zero-order valence-corrected chi connectivity index (χ0v) is 9.45. The van der Waals surface area contributed by atoms with Crippen molar-refractivity contribution in [1.29, 1.82) is 0 Å². The van der Waals surface area contributed by atoms with Crippen LogP contribution in [0.5, 0.6) is 0 Å². The Morgan fingerprint density at radius 2 is 2.00 bits per heavy atom. The predicted octanol–water partition coefficient (Wildman–Crippen LogP) is 3.60. The molecule has 82 valence electrons. The van der Waals surface area contributed by atoms with Crippen molar-refractivity contribution < 1.29 is 18.0 Å². The summed E-state index contributed by atoms with van der Waals surface area (Å²) in [5.41, 5.74) is -0.745. The first kappa shape index (κ1) is 12.2. The topological polar surface area (TPSA) is 17.1 Å². The summed E-state index contributed by atoms with van der Waals surface area (Å²) in [5.74, 6) is -0.289. The number of rotatable bonds is 2. The van der Waals surface area contributed by atoms with Gasteiger partial charge in [-0.25, -0.2) is 0 Å². The molecule has 0 atom stereocenters. The van der Waals surface area contributed by atoms with Gasteiger partial charge < -0.3 is 0 Å². The molecular formula is C10H8BrF3O. The SMILES string of the molecule is CC(=O)Cc1ccc(Br)cc1C(F)(F)F. The van der Waals surface area contributed by atoms with Crippen molar-refractivity contribution in [3.05, 3.63) is 33.8 Å². The second-order valence-electron chi connectivity index (χ2n) is 3.18. The molecule has 0 radical (unpaired) electrons. The van der Waals surface area contributed by atoms with Crippen LogP contribution in [-0.4, -0.2) is 5.78 Å². The molecule has 5 heteroatoms. The Hall–Kier alpha value is -0.840. The molecule has 0 aromatic heterocycles. The van der Waals surface area contributed by atoms with Gasteiger partial charge in [-0.3, -0.25) is 4.79 Å². The average Bonchev–Trinajstić information content (AvgIpc) is 2.05. The van der Waals surface area contributed by atoms with Crippen molar-refractivity contribution >= 4 is 21.7 Å². The van der Waals surface area contributed by atoms with Crippen LogP contribution in [0.15, 0.2) is 22.7 Å². The summed E-state index contributed by atoms with van der Waals surface area (Å²) in [6, 6.07) is 3.79. The maximum atomic E-state index is 12.5. The van der Waals surface area contributed by atoms with Gasteiger partial charge in [0.05, 0.1) is 5.56 Å². The van der Waals surface area contributed by atoms with Crippen molar-refractivity contribution in [2.75, 3.05) is 0 Å². The molecule has 0 amide bonds. The molecule has 1 rings (SSSR count). The van der Waals surface area contributed by atoms with Crippen LogP contribution in [0.2, 0.25) is 0 Å². The molecule has 0 bridgehead atoms. The summed E-state index contributed by atoms with van der Waals surface area (Å²) in [7, 11) is 0. The highest BCUT2D eigenvalue weighted by molar-refractivity contribution is 9.10. The Labute approximate surface area is 93.4 Å². The summed E-state index contributed by atoms with van der Waals surface area (Å²) in [5, 5.41) is 0. The van der Waals surface area contributed by atoms with E-state index >= 15 is 0 Å². The molecule has 0 saturated heterocycles. The standard InChI is InChI=1S/C10H8BrF3O/c1-6(15)4-7-2-3-8(11)5-9(7)10(12,13)14/h2-3,5H,4H2,1H3. The quantitative estimate of drug-likeness (QED) is 0.809. The zero-order chi connectivity index (χ0) is 11.6. The van der Waals surface area contributed by atoms with E-state index in [1.54, 1.807) is 0 Å². The Bertz CT molecular complexity index is 385. The summed E-state index contributed by atoms with van der Waals surface area (Å²) >= 11 is 2.97. The minimum absolute atomic E-state index is 0.0122. The number of carbonyl (C=O) groups is 1. The number of ketones is 1. The Morgan fingerprint density at radius 1 is 1.40 bits per heavy atom. The lowest BCUT2D eigenvalue weighted by Crippen LogP contribution is -2.11. The second-order valence-corrected chi connectivity index (χ2v) is 4.09. The highest BCUT2D eigenvalue weighted by atomic mass is 79.9. The van der Waals surface area contributed by atoms with Gasteiger partial charge in [0.15, 0.2) is 0 Å². The van der Waals surface area contributed by atoms with E-state index in [4.69, 9.17) is 0 Å². The fourth-order valence-corrected chi connectivity index (χ4v) is 1.60. The minimum atomic E-state index is -4.42. The van der Waals surface area contributed by atoms with Crippen molar-refractivity contribution in [3.63, 3.8) is 0 Å². The molecule has 1 aromatic rings. The highest BCUT2D eigenvalue weighted by Gasteiger charge is 2.33. The van der Waals surface area contributed by atoms with E-state index in [2.05, 4.69) is 15.9 Å². The van der Waals surface area contributed by atoms with Gasteiger partial charge in [0, 0.05) is 10.9 Å². The van der Waals surface area contributed by atoms with Crippen molar-refractivity contribution in [3.8, 4) is 0 Å². The molecule has 0 aliphatic heterocycles. The van der Waals surface area contributed by atoms with E-state index in [9.17, 15) is 18.0 Å². The van der Waals surface area contributed by atoms with Gasteiger partial charge in [-0.15, -0.1) is 0 Å². The number of carbonyl (C=O) groups excluding carboxylic acids is 1. The van der Waals surface area contributed by atoms with Gasteiger partial charge in [0.2, 0.25) is 0 Å². The lowest BCUT2D eigenvalue weighted by Gasteiger charge is -2.12. The Kier molecular flexibility index (Phi) is 3.54. The number of halogens is 4. The monoisotopic (exact) mass is 280 g/mol. The summed E-state index contributed by atoms with van der Waals surface area (Å²) in [6.45, 7) is 1.27. The van der Waals surface area contributed by atoms with Crippen LogP contribution >= 0.6 is 15.9 Å². The fraction of sp³-hybridized carbons (Fsp3) is 0.300. The number of alkyl halides is 3. The van der Waals surface area contributed by atoms with Crippen LogP contribution < -0.4 is 0 Å². The van der Waals surface area contributed by atoms with Crippen LogP contribution in [0, 0.1) is 0 Å². The normalized spacial score (nSPS) is 11.5. The van der Waals surface area contributed by atoms with Crippen molar-refractivity contribution in [1.82, 2.24) is 0 Å². The van der Waals surface area contributed by atoms with Gasteiger partial charge in [0.1, 0.15) is 5.78 Å². The smallest absolute Gasteiger partial charge is 0.300 e. The maximum Gasteiger partial charge on any atom is 0.416 e. The first-order valence-electron chi connectivity index (χ1n) is 4.16. The number of hydrogen-bond acceptors (Lipinski definition) is 1. The third-order valence-corrected chi connectivity index (χ3v) is 2.31.